The number of sulfonamides is 1. The number of aromatic nitrogens is 2. The van der Waals surface area contributed by atoms with E-state index in [1.807, 2.05) is 4.90 Å². The van der Waals surface area contributed by atoms with Crippen LogP contribution in [0.15, 0.2) is 12.4 Å². The highest BCUT2D eigenvalue weighted by molar-refractivity contribution is 7.88. The molecule has 3 saturated heterocycles. The van der Waals surface area contributed by atoms with Crippen molar-refractivity contribution in [2.45, 2.75) is 44.3 Å². The molecule has 10 heteroatoms. The zero-order valence-corrected chi connectivity index (χ0v) is 16.9. The molecular weight excluding hydrogens is 380 g/mol. The maximum Gasteiger partial charge on any atom is 0.223 e. The third-order valence-electron chi connectivity index (χ3n) is 6.26. The molecule has 0 saturated carbocycles. The Balaban J connectivity index is 1.54. The summed E-state index contributed by atoms with van der Waals surface area (Å²) in [6.07, 6.45) is 8.20. The summed E-state index contributed by atoms with van der Waals surface area (Å²) in [6.45, 7) is 2.78. The molecule has 3 aliphatic heterocycles. The minimum absolute atomic E-state index is 0.0887. The number of carbonyl (C=O) groups is 1. The number of piperidine rings is 3. The van der Waals surface area contributed by atoms with Crippen LogP contribution < -0.4 is 10.5 Å². The van der Waals surface area contributed by atoms with Gasteiger partial charge in [-0.15, -0.1) is 0 Å². The number of likely N-dealkylation sites (tertiary alicyclic amines) is 1. The molecule has 1 aromatic rings. The van der Waals surface area contributed by atoms with E-state index in [2.05, 4.69) is 19.6 Å². The lowest BCUT2D eigenvalue weighted by molar-refractivity contribution is -0.152. The highest BCUT2D eigenvalue weighted by atomic mass is 32.2. The Labute approximate surface area is 165 Å². The molecule has 0 unspecified atom stereocenters. The van der Waals surface area contributed by atoms with Crippen molar-refractivity contribution in [3.8, 4) is 0 Å². The molecule has 9 nitrogen and oxygen atoms in total. The monoisotopic (exact) mass is 408 g/mol. The van der Waals surface area contributed by atoms with Gasteiger partial charge in [0.2, 0.25) is 21.9 Å². The molecule has 4 rings (SSSR count). The second-order valence-electron chi connectivity index (χ2n) is 8.35. The molecule has 4 atom stereocenters. The van der Waals surface area contributed by atoms with Gasteiger partial charge < -0.3 is 10.6 Å². The van der Waals surface area contributed by atoms with E-state index in [0.29, 0.717) is 12.3 Å². The third kappa shape index (κ3) is 4.13. The molecule has 0 aliphatic carbocycles. The normalized spacial score (nSPS) is 30.9. The Morgan fingerprint density at radius 2 is 1.96 bits per heavy atom. The third-order valence-corrected chi connectivity index (χ3v) is 6.95. The molecule has 1 amide bonds. The van der Waals surface area contributed by atoms with Crippen LogP contribution in [0.1, 0.15) is 31.2 Å². The number of carbonyl (C=O) groups excluding carboxylic acids is 1. The Bertz CT molecular complexity index is 830. The van der Waals surface area contributed by atoms with E-state index in [9.17, 15) is 13.2 Å². The summed E-state index contributed by atoms with van der Waals surface area (Å²) in [6, 6.07) is 0.114. The number of amides is 1. The molecule has 154 valence electrons. The Hall–Kier alpha value is -1.78. The molecule has 0 aromatic carbocycles. The largest absolute Gasteiger partial charge is 0.368 e. The van der Waals surface area contributed by atoms with Gasteiger partial charge in [0.05, 0.1) is 6.26 Å². The summed E-state index contributed by atoms with van der Waals surface area (Å²) in [4.78, 5) is 25.3. The maximum absolute atomic E-state index is 12.7. The van der Waals surface area contributed by atoms with E-state index < -0.39 is 10.0 Å². The number of rotatable bonds is 5. The number of nitrogens with zero attached hydrogens (tertiary/aromatic N) is 4. The number of hydrogen-bond acceptors (Lipinski definition) is 7. The first-order valence-electron chi connectivity index (χ1n) is 9.84. The van der Waals surface area contributed by atoms with Crippen molar-refractivity contribution in [1.82, 2.24) is 24.5 Å². The number of fused-ring (bicyclic) bond motifs is 4. The average Bonchev–Trinajstić information content (AvgIpc) is 2.63. The number of hydrogen-bond donors (Lipinski definition) is 2. The van der Waals surface area contributed by atoms with E-state index in [4.69, 9.17) is 5.73 Å². The van der Waals surface area contributed by atoms with Gasteiger partial charge in [-0.25, -0.2) is 23.1 Å². The highest BCUT2D eigenvalue weighted by Gasteiger charge is 2.49. The zero-order valence-electron chi connectivity index (χ0n) is 16.1. The molecule has 4 heterocycles. The van der Waals surface area contributed by atoms with Gasteiger partial charge in [-0.3, -0.25) is 9.69 Å². The van der Waals surface area contributed by atoms with Gasteiger partial charge in [0, 0.05) is 62.6 Å². The van der Waals surface area contributed by atoms with Crippen LogP contribution >= 0.6 is 0 Å². The van der Waals surface area contributed by atoms with Crippen LogP contribution in [0.25, 0.3) is 0 Å². The van der Waals surface area contributed by atoms with Crippen molar-refractivity contribution >= 4 is 21.9 Å². The van der Waals surface area contributed by atoms with Crippen LogP contribution in [0.5, 0.6) is 0 Å². The second kappa shape index (κ2) is 7.57. The first-order chi connectivity index (χ1) is 13.3. The van der Waals surface area contributed by atoms with E-state index in [1.165, 1.54) is 6.26 Å². The van der Waals surface area contributed by atoms with Crippen LogP contribution in [0, 0.1) is 11.8 Å². The van der Waals surface area contributed by atoms with Gasteiger partial charge >= 0.3 is 0 Å². The minimum atomic E-state index is -3.30. The molecule has 1 aromatic heterocycles. The molecule has 2 bridgehead atoms. The number of nitrogen functional groups attached to an aromatic ring is 1. The molecular formula is C18H28N6O3S. The molecule has 3 aliphatic rings. The van der Waals surface area contributed by atoms with E-state index in [0.717, 1.165) is 44.5 Å². The van der Waals surface area contributed by atoms with Crippen molar-refractivity contribution in [1.29, 1.82) is 0 Å². The smallest absolute Gasteiger partial charge is 0.223 e. The van der Waals surface area contributed by atoms with Gasteiger partial charge in [-0.1, -0.05) is 0 Å². The summed E-state index contributed by atoms with van der Waals surface area (Å²) in [7, 11) is -3.30. The molecule has 3 fully saturated rings. The predicted octanol–water partition coefficient (Wildman–Crippen LogP) is -0.191. The quantitative estimate of drug-likeness (QED) is 0.692. The van der Waals surface area contributed by atoms with Crippen LogP contribution in [0.2, 0.25) is 0 Å². The van der Waals surface area contributed by atoms with Crippen LogP contribution in [-0.4, -0.2) is 72.1 Å². The highest BCUT2D eigenvalue weighted by Crippen LogP contribution is 2.41. The van der Waals surface area contributed by atoms with E-state index in [-0.39, 0.29) is 36.4 Å². The topological polar surface area (TPSA) is 122 Å². The van der Waals surface area contributed by atoms with Crippen molar-refractivity contribution in [2.24, 2.45) is 11.8 Å². The fourth-order valence-corrected chi connectivity index (χ4v) is 5.68. The standard InChI is InChI=1S/C18H28N6O3S/c1-28(26,27)22-8-16-14-5-13(15-3-2-4-17(25)24(15)16)10-23(11-14)9-12-6-20-18(19)21-7-12/h6-7,13-16,22H,2-5,8-11H2,1H3,(H2,19,20,21)/t13-,14+,15+,16+/m1/s1. The molecule has 0 spiro atoms. The number of nitrogens with one attached hydrogen (secondary N) is 1. The van der Waals surface area contributed by atoms with Gasteiger partial charge in [0.25, 0.3) is 0 Å². The van der Waals surface area contributed by atoms with Crippen molar-refractivity contribution in [3.05, 3.63) is 18.0 Å². The molecule has 0 radical (unpaired) electrons. The lowest BCUT2D eigenvalue weighted by atomic mass is 9.72. The Morgan fingerprint density at radius 3 is 2.68 bits per heavy atom. The van der Waals surface area contributed by atoms with Crippen molar-refractivity contribution in [2.75, 3.05) is 31.6 Å². The Morgan fingerprint density at radius 1 is 1.25 bits per heavy atom. The lowest BCUT2D eigenvalue weighted by Crippen LogP contribution is -2.66. The summed E-state index contributed by atoms with van der Waals surface area (Å²) in [5.41, 5.74) is 6.59. The summed E-state index contributed by atoms with van der Waals surface area (Å²) in [5.74, 6) is 1.11. The fourth-order valence-electron chi connectivity index (χ4n) is 5.21. The Kier molecular flexibility index (Phi) is 5.28. The second-order valence-corrected chi connectivity index (χ2v) is 10.2. The predicted molar refractivity (Wildman–Crippen MR) is 104 cm³/mol. The van der Waals surface area contributed by atoms with Crippen LogP contribution in [0.3, 0.4) is 0 Å². The van der Waals surface area contributed by atoms with E-state index in [1.54, 1.807) is 12.4 Å². The van der Waals surface area contributed by atoms with Gasteiger partial charge in [0.1, 0.15) is 0 Å². The zero-order chi connectivity index (χ0) is 19.9. The first kappa shape index (κ1) is 19.5. The van der Waals surface area contributed by atoms with E-state index >= 15 is 0 Å². The minimum Gasteiger partial charge on any atom is -0.368 e. The van der Waals surface area contributed by atoms with Gasteiger partial charge in [-0.05, 0) is 31.1 Å². The average molecular weight is 409 g/mol. The molecule has 28 heavy (non-hydrogen) atoms. The lowest BCUT2D eigenvalue weighted by Gasteiger charge is -2.56. The number of anilines is 1. The van der Waals surface area contributed by atoms with Gasteiger partial charge in [-0.2, -0.15) is 0 Å². The fraction of sp³-hybridized carbons (Fsp3) is 0.722. The van der Waals surface area contributed by atoms with Crippen LogP contribution in [0.4, 0.5) is 5.95 Å². The van der Waals surface area contributed by atoms with Crippen molar-refractivity contribution in [3.63, 3.8) is 0 Å². The van der Waals surface area contributed by atoms with Crippen LogP contribution in [-0.2, 0) is 21.4 Å². The first-order valence-corrected chi connectivity index (χ1v) is 11.7. The molecule has 3 N–H and O–H groups in total. The van der Waals surface area contributed by atoms with Crippen molar-refractivity contribution < 1.29 is 13.2 Å². The number of nitrogens with two attached hydrogens (primary N) is 1. The SMILES string of the molecule is CS(=O)(=O)NC[C@H]1[C@H]2C[C@H](CN(Cc3cnc(N)nc3)C2)[C@@H]2CCCC(=O)N21. The summed E-state index contributed by atoms with van der Waals surface area (Å²) < 4.78 is 26.0. The maximum atomic E-state index is 12.7. The van der Waals surface area contributed by atoms with Gasteiger partial charge in [0.15, 0.2) is 0 Å². The summed E-state index contributed by atoms with van der Waals surface area (Å²) in [5, 5.41) is 0. The summed E-state index contributed by atoms with van der Waals surface area (Å²) >= 11 is 0.